The highest BCUT2D eigenvalue weighted by Crippen LogP contribution is 2.05. The Kier molecular flexibility index (Phi) is 3.98. The molecule has 0 saturated carbocycles. The summed E-state index contributed by atoms with van der Waals surface area (Å²) in [5, 5.41) is 0. The molecule has 0 aliphatic heterocycles. The number of hydrogen-bond donors (Lipinski definition) is 0. The number of allylic oxidation sites excluding steroid dienone is 2. The first kappa shape index (κ1) is 11.4. The van der Waals surface area contributed by atoms with Crippen molar-refractivity contribution in [3.63, 3.8) is 0 Å². The van der Waals surface area contributed by atoms with Crippen molar-refractivity contribution in [2.24, 2.45) is 4.99 Å². The van der Waals surface area contributed by atoms with Crippen molar-refractivity contribution in [3.8, 4) is 0 Å². The van der Waals surface area contributed by atoms with Crippen LogP contribution in [0, 0.1) is 5.82 Å². The van der Waals surface area contributed by atoms with Gasteiger partial charge in [-0.1, -0.05) is 24.8 Å². The third-order valence-electron chi connectivity index (χ3n) is 2.05. The maximum absolute atomic E-state index is 12.7. The van der Waals surface area contributed by atoms with Gasteiger partial charge >= 0.3 is 0 Å². The summed E-state index contributed by atoms with van der Waals surface area (Å²) >= 11 is 0. The molecule has 0 atom stereocenters. The lowest BCUT2D eigenvalue weighted by Crippen LogP contribution is -1.93. The zero-order valence-corrected chi connectivity index (χ0v) is 9.00. The molecular weight excluding hydrogens is 189 g/mol. The molecule has 0 spiro atoms. The summed E-state index contributed by atoms with van der Waals surface area (Å²) in [5.74, 6) is -0.232. The van der Waals surface area contributed by atoms with Crippen LogP contribution in [0.4, 0.5) is 4.39 Å². The van der Waals surface area contributed by atoms with Crippen molar-refractivity contribution in [3.05, 3.63) is 60.1 Å². The van der Waals surface area contributed by atoms with Crippen molar-refractivity contribution in [1.82, 2.24) is 0 Å². The summed E-state index contributed by atoms with van der Waals surface area (Å²) < 4.78 is 12.7. The maximum Gasteiger partial charge on any atom is 0.123 e. The average Bonchev–Trinajstić information content (AvgIpc) is 2.26. The van der Waals surface area contributed by atoms with Gasteiger partial charge in [0.1, 0.15) is 5.82 Å². The highest BCUT2D eigenvalue weighted by atomic mass is 19.1. The second-order valence-corrected chi connectivity index (χ2v) is 3.30. The molecule has 15 heavy (non-hydrogen) atoms. The fourth-order valence-electron chi connectivity index (χ4n) is 1.02. The fraction of sp³-hybridized carbons (Fsp3) is 0.154. The van der Waals surface area contributed by atoms with E-state index in [1.165, 1.54) is 12.1 Å². The van der Waals surface area contributed by atoms with E-state index in [-0.39, 0.29) is 5.82 Å². The Morgan fingerprint density at radius 2 is 1.87 bits per heavy atom. The van der Waals surface area contributed by atoms with Gasteiger partial charge in [-0.3, -0.25) is 4.99 Å². The normalized spacial score (nSPS) is 12.7. The van der Waals surface area contributed by atoms with Gasteiger partial charge < -0.3 is 0 Å². The number of hydrogen-bond acceptors (Lipinski definition) is 1. The summed E-state index contributed by atoms with van der Waals surface area (Å²) in [7, 11) is 0. The zero-order valence-electron chi connectivity index (χ0n) is 9.00. The number of benzene rings is 1. The Morgan fingerprint density at radius 1 is 1.27 bits per heavy atom. The quantitative estimate of drug-likeness (QED) is 0.524. The van der Waals surface area contributed by atoms with Crippen LogP contribution in [-0.2, 0) is 0 Å². The topological polar surface area (TPSA) is 12.4 Å². The maximum atomic E-state index is 12.7. The monoisotopic (exact) mass is 203 g/mol. The Morgan fingerprint density at radius 3 is 2.40 bits per heavy atom. The smallest absolute Gasteiger partial charge is 0.123 e. The van der Waals surface area contributed by atoms with Gasteiger partial charge in [-0.25, -0.2) is 4.39 Å². The van der Waals surface area contributed by atoms with Gasteiger partial charge in [0.15, 0.2) is 0 Å². The standard InChI is InChI=1S/C13H14FN/c1-4-10(2)9-15-11(3)12-5-7-13(14)8-6-12/h4-9H,1H2,2-3H3/b10-9-,15-11?. The van der Waals surface area contributed by atoms with Crippen molar-refractivity contribution in [2.75, 3.05) is 0 Å². The second-order valence-electron chi connectivity index (χ2n) is 3.30. The lowest BCUT2D eigenvalue weighted by molar-refractivity contribution is 0.628. The largest absolute Gasteiger partial charge is 0.261 e. The third kappa shape index (κ3) is 3.50. The van der Waals surface area contributed by atoms with E-state index in [9.17, 15) is 4.39 Å². The van der Waals surface area contributed by atoms with Gasteiger partial charge in [0.25, 0.3) is 0 Å². The predicted octanol–water partition coefficient (Wildman–Crippen LogP) is 3.72. The minimum absolute atomic E-state index is 0.232. The molecule has 1 aromatic carbocycles. The van der Waals surface area contributed by atoms with Crippen LogP contribution in [0.1, 0.15) is 19.4 Å². The van der Waals surface area contributed by atoms with E-state index in [4.69, 9.17) is 0 Å². The molecule has 1 aromatic rings. The molecule has 0 heterocycles. The minimum atomic E-state index is -0.232. The fourth-order valence-corrected chi connectivity index (χ4v) is 1.02. The van der Waals surface area contributed by atoms with E-state index < -0.39 is 0 Å². The highest BCUT2D eigenvalue weighted by Gasteiger charge is 1.96. The first-order valence-electron chi connectivity index (χ1n) is 4.73. The Hall–Kier alpha value is -1.70. The van der Waals surface area contributed by atoms with Crippen molar-refractivity contribution < 1.29 is 4.39 Å². The molecule has 0 aliphatic carbocycles. The Balaban J connectivity index is 2.89. The van der Waals surface area contributed by atoms with Gasteiger partial charge in [0.2, 0.25) is 0 Å². The molecule has 0 saturated heterocycles. The molecular formula is C13H14FN. The van der Waals surface area contributed by atoms with E-state index >= 15 is 0 Å². The molecule has 0 N–H and O–H groups in total. The number of nitrogens with zero attached hydrogens (tertiary/aromatic N) is 1. The first-order valence-corrected chi connectivity index (χ1v) is 4.73. The van der Waals surface area contributed by atoms with E-state index in [0.717, 1.165) is 16.8 Å². The predicted molar refractivity (Wildman–Crippen MR) is 62.6 cm³/mol. The summed E-state index contributed by atoms with van der Waals surface area (Å²) in [5.41, 5.74) is 2.78. The molecule has 0 bridgehead atoms. The van der Waals surface area contributed by atoms with E-state index in [2.05, 4.69) is 11.6 Å². The minimum Gasteiger partial charge on any atom is -0.261 e. The van der Waals surface area contributed by atoms with Gasteiger partial charge in [-0.15, -0.1) is 0 Å². The Labute approximate surface area is 89.7 Å². The molecule has 0 aromatic heterocycles. The van der Waals surface area contributed by atoms with Gasteiger partial charge in [0, 0.05) is 11.9 Å². The van der Waals surface area contributed by atoms with Crippen molar-refractivity contribution in [2.45, 2.75) is 13.8 Å². The zero-order chi connectivity index (χ0) is 11.3. The van der Waals surface area contributed by atoms with Crippen LogP contribution in [0.25, 0.3) is 0 Å². The van der Waals surface area contributed by atoms with Crippen LogP contribution < -0.4 is 0 Å². The van der Waals surface area contributed by atoms with Crippen LogP contribution in [0.15, 0.2) is 53.7 Å². The molecule has 0 fully saturated rings. The van der Waals surface area contributed by atoms with Crippen LogP contribution in [0.3, 0.4) is 0 Å². The van der Waals surface area contributed by atoms with Crippen LogP contribution in [-0.4, -0.2) is 5.71 Å². The lowest BCUT2D eigenvalue weighted by atomic mass is 10.1. The summed E-state index contributed by atoms with van der Waals surface area (Å²) in [6.45, 7) is 7.45. The van der Waals surface area contributed by atoms with Gasteiger partial charge in [-0.2, -0.15) is 0 Å². The molecule has 2 heteroatoms. The molecule has 78 valence electrons. The van der Waals surface area contributed by atoms with E-state index in [1.54, 1.807) is 24.4 Å². The molecule has 0 aliphatic rings. The van der Waals surface area contributed by atoms with Crippen molar-refractivity contribution >= 4 is 5.71 Å². The molecule has 1 rings (SSSR count). The van der Waals surface area contributed by atoms with Crippen LogP contribution >= 0.6 is 0 Å². The SMILES string of the molecule is C=C/C(C)=C\N=C(C)c1ccc(F)cc1. The third-order valence-corrected chi connectivity index (χ3v) is 2.05. The van der Waals surface area contributed by atoms with E-state index in [0.29, 0.717) is 0 Å². The summed E-state index contributed by atoms with van der Waals surface area (Å²) in [4.78, 5) is 4.26. The van der Waals surface area contributed by atoms with Crippen molar-refractivity contribution in [1.29, 1.82) is 0 Å². The molecule has 1 nitrogen and oxygen atoms in total. The first-order chi connectivity index (χ1) is 7.13. The number of aliphatic imine (C=N–C) groups is 1. The van der Waals surface area contributed by atoms with Gasteiger partial charge in [-0.05, 0) is 37.1 Å². The van der Waals surface area contributed by atoms with E-state index in [1.807, 2.05) is 13.8 Å². The van der Waals surface area contributed by atoms with Crippen LogP contribution in [0.2, 0.25) is 0 Å². The molecule has 0 radical (unpaired) electrons. The van der Waals surface area contributed by atoms with Gasteiger partial charge in [0.05, 0.1) is 0 Å². The van der Waals surface area contributed by atoms with Crippen LogP contribution in [0.5, 0.6) is 0 Å². The summed E-state index contributed by atoms with van der Waals surface area (Å²) in [6.07, 6.45) is 3.48. The molecule has 0 amide bonds. The average molecular weight is 203 g/mol. The lowest BCUT2D eigenvalue weighted by Gasteiger charge is -1.98. The number of rotatable bonds is 3. The highest BCUT2D eigenvalue weighted by molar-refractivity contribution is 5.99. The second kappa shape index (κ2) is 5.25. The molecule has 0 unspecified atom stereocenters. The Bertz CT molecular complexity index is 399. The number of halogens is 1. The summed E-state index contributed by atoms with van der Waals surface area (Å²) in [6, 6.07) is 6.29.